The molecule has 24 heavy (non-hydrogen) atoms. The zero-order valence-corrected chi connectivity index (χ0v) is 15.0. The van der Waals surface area contributed by atoms with Gasteiger partial charge >= 0.3 is 0 Å². The van der Waals surface area contributed by atoms with E-state index in [2.05, 4.69) is 21.8 Å². The molecule has 2 fully saturated rings. The molecule has 3 heterocycles. The van der Waals surface area contributed by atoms with Gasteiger partial charge in [0.1, 0.15) is 0 Å². The fourth-order valence-electron chi connectivity index (χ4n) is 4.06. The first-order valence-electron chi connectivity index (χ1n) is 9.22. The van der Waals surface area contributed by atoms with Crippen molar-refractivity contribution in [3.63, 3.8) is 0 Å². The second-order valence-electron chi connectivity index (χ2n) is 7.06. The van der Waals surface area contributed by atoms with Gasteiger partial charge in [0, 0.05) is 44.9 Å². The Morgan fingerprint density at radius 2 is 2.12 bits per heavy atom. The predicted octanol–water partition coefficient (Wildman–Crippen LogP) is 2.10. The topological polar surface area (TPSA) is 61.5 Å². The number of aromatic nitrogens is 2. The molecule has 1 N–H and O–H groups in total. The van der Waals surface area contributed by atoms with Crippen LogP contribution in [0.25, 0.3) is 0 Å². The summed E-state index contributed by atoms with van der Waals surface area (Å²) < 4.78 is 5.75. The molecule has 2 atom stereocenters. The Balaban J connectivity index is 1.62. The van der Waals surface area contributed by atoms with Crippen molar-refractivity contribution in [1.29, 1.82) is 0 Å². The minimum absolute atomic E-state index is 0.212. The molecule has 0 spiro atoms. The first-order chi connectivity index (χ1) is 11.7. The zero-order chi connectivity index (χ0) is 16.9. The molecule has 1 aromatic heterocycles. The van der Waals surface area contributed by atoms with Crippen molar-refractivity contribution in [2.75, 3.05) is 26.7 Å². The van der Waals surface area contributed by atoms with Crippen molar-refractivity contribution in [3.05, 3.63) is 17.7 Å². The molecule has 0 saturated carbocycles. The summed E-state index contributed by atoms with van der Waals surface area (Å²) in [5, 5.41) is 0. The minimum Gasteiger partial charge on any atom is -0.380 e. The number of H-pyrrole nitrogens is 1. The van der Waals surface area contributed by atoms with E-state index in [1.807, 2.05) is 4.90 Å². The molecule has 6 nitrogen and oxygen atoms in total. The molecule has 2 aliphatic heterocycles. The van der Waals surface area contributed by atoms with Crippen LogP contribution in [0.4, 0.5) is 0 Å². The molecular formula is C18H30N4O2. The van der Waals surface area contributed by atoms with E-state index in [1.165, 1.54) is 0 Å². The van der Waals surface area contributed by atoms with Gasteiger partial charge in [-0.1, -0.05) is 0 Å². The quantitative estimate of drug-likeness (QED) is 0.865. The van der Waals surface area contributed by atoms with Crippen LogP contribution < -0.4 is 0 Å². The van der Waals surface area contributed by atoms with E-state index in [-0.39, 0.29) is 6.10 Å². The van der Waals surface area contributed by atoms with Crippen LogP contribution in [0.3, 0.4) is 0 Å². The second-order valence-corrected chi connectivity index (χ2v) is 7.06. The van der Waals surface area contributed by atoms with Gasteiger partial charge in [-0.2, -0.15) is 0 Å². The molecule has 0 bridgehead atoms. The summed E-state index contributed by atoms with van der Waals surface area (Å²) in [6.07, 6.45) is 7.99. The Morgan fingerprint density at radius 1 is 1.33 bits per heavy atom. The number of likely N-dealkylation sites (tertiary alicyclic amines) is 2. The monoisotopic (exact) mass is 334 g/mol. The number of ether oxygens (including phenoxy) is 1. The largest absolute Gasteiger partial charge is 0.380 e. The summed E-state index contributed by atoms with van der Waals surface area (Å²) in [7, 11) is 1.79. The third-order valence-corrected chi connectivity index (χ3v) is 5.53. The lowest BCUT2D eigenvalue weighted by Gasteiger charge is -2.40. The van der Waals surface area contributed by atoms with E-state index in [0.717, 1.165) is 69.7 Å². The molecule has 1 aromatic rings. The van der Waals surface area contributed by atoms with Crippen LogP contribution in [0, 0.1) is 6.92 Å². The first-order valence-corrected chi connectivity index (χ1v) is 9.22. The van der Waals surface area contributed by atoms with Gasteiger partial charge in [0.05, 0.1) is 18.1 Å². The lowest BCUT2D eigenvalue weighted by molar-refractivity contribution is -0.131. The lowest BCUT2D eigenvalue weighted by Crippen LogP contribution is -2.49. The zero-order valence-electron chi connectivity index (χ0n) is 15.0. The van der Waals surface area contributed by atoms with Gasteiger partial charge in [0.2, 0.25) is 5.91 Å². The van der Waals surface area contributed by atoms with Gasteiger partial charge in [-0.25, -0.2) is 4.98 Å². The van der Waals surface area contributed by atoms with Crippen LogP contribution in [0.2, 0.25) is 0 Å². The van der Waals surface area contributed by atoms with Crippen molar-refractivity contribution in [1.82, 2.24) is 19.8 Å². The predicted molar refractivity (Wildman–Crippen MR) is 92.6 cm³/mol. The van der Waals surface area contributed by atoms with E-state index in [9.17, 15) is 4.79 Å². The Kier molecular flexibility index (Phi) is 5.89. The van der Waals surface area contributed by atoms with Crippen LogP contribution in [0.5, 0.6) is 0 Å². The normalized spacial score (nSPS) is 25.3. The minimum atomic E-state index is 0.212. The highest BCUT2D eigenvalue weighted by Crippen LogP contribution is 2.26. The summed E-state index contributed by atoms with van der Waals surface area (Å²) in [6.45, 7) is 5.82. The maximum atomic E-state index is 12.4. The van der Waals surface area contributed by atoms with E-state index in [4.69, 9.17) is 4.74 Å². The Labute approximate surface area is 144 Å². The van der Waals surface area contributed by atoms with Gasteiger partial charge in [0.15, 0.2) is 0 Å². The molecule has 0 radical (unpaired) electrons. The number of methoxy groups -OCH3 is 1. The molecule has 0 aromatic carbocycles. The average Bonchev–Trinajstić information content (AvgIpc) is 3.25. The number of imidazole rings is 1. The number of piperidine rings is 1. The number of rotatable bonds is 6. The van der Waals surface area contributed by atoms with Crippen LogP contribution in [-0.2, 0) is 16.1 Å². The highest BCUT2D eigenvalue weighted by atomic mass is 16.5. The number of nitrogens with zero attached hydrogens (tertiary/aromatic N) is 3. The Hall–Kier alpha value is -1.40. The molecule has 3 rings (SSSR count). The number of hydrogen-bond acceptors (Lipinski definition) is 4. The average molecular weight is 334 g/mol. The Morgan fingerprint density at radius 3 is 2.79 bits per heavy atom. The molecule has 134 valence electrons. The number of carbonyl (C=O) groups excluding carboxylic acids is 1. The number of aryl methyl sites for hydroxylation is 1. The molecule has 2 saturated heterocycles. The van der Waals surface area contributed by atoms with Crippen molar-refractivity contribution in [2.24, 2.45) is 0 Å². The van der Waals surface area contributed by atoms with Gasteiger partial charge in [-0.3, -0.25) is 9.69 Å². The van der Waals surface area contributed by atoms with E-state index in [1.54, 1.807) is 13.4 Å². The highest BCUT2D eigenvalue weighted by Gasteiger charge is 2.32. The third-order valence-electron chi connectivity index (χ3n) is 5.53. The van der Waals surface area contributed by atoms with Crippen LogP contribution in [0.1, 0.15) is 49.9 Å². The lowest BCUT2D eigenvalue weighted by atomic mass is 9.94. The van der Waals surface area contributed by atoms with Gasteiger partial charge < -0.3 is 14.6 Å². The summed E-state index contributed by atoms with van der Waals surface area (Å²) in [6, 6.07) is 0.298. The molecule has 6 heteroatoms. The maximum Gasteiger partial charge on any atom is 0.222 e. The van der Waals surface area contributed by atoms with Crippen LogP contribution in [0.15, 0.2) is 6.33 Å². The van der Waals surface area contributed by atoms with E-state index in [0.29, 0.717) is 18.4 Å². The number of nitrogens with one attached hydrogen (secondary N) is 1. The van der Waals surface area contributed by atoms with Crippen molar-refractivity contribution in [3.8, 4) is 0 Å². The molecule has 2 aliphatic rings. The Bertz CT molecular complexity index is 539. The maximum absolute atomic E-state index is 12.4. The summed E-state index contributed by atoms with van der Waals surface area (Å²) >= 11 is 0. The van der Waals surface area contributed by atoms with E-state index >= 15 is 0 Å². The SMILES string of the molecule is CO[C@H]1CCCN(Cc2nc[nH]c2C)[C@H]1CCC(=O)N1CCCC1. The third kappa shape index (κ3) is 3.98. The number of carbonyl (C=O) groups is 1. The molecule has 1 amide bonds. The van der Waals surface area contributed by atoms with Crippen molar-refractivity contribution in [2.45, 2.75) is 64.1 Å². The van der Waals surface area contributed by atoms with Gasteiger partial charge in [-0.15, -0.1) is 0 Å². The summed E-state index contributed by atoms with van der Waals surface area (Å²) in [5.41, 5.74) is 2.23. The van der Waals surface area contributed by atoms with Crippen LogP contribution >= 0.6 is 0 Å². The van der Waals surface area contributed by atoms with Crippen molar-refractivity contribution < 1.29 is 9.53 Å². The molecular weight excluding hydrogens is 304 g/mol. The standard InChI is InChI=1S/C18H30N4O2/c1-14-15(20-13-19-14)12-22-11-5-6-17(24-2)16(22)7-8-18(23)21-9-3-4-10-21/h13,16-17H,3-12H2,1-2H3,(H,19,20)/t16-,17-/m0/s1. The smallest absolute Gasteiger partial charge is 0.222 e. The van der Waals surface area contributed by atoms with Gasteiger partial charge in [-0.05, 0) is 45.6 Å². The molecule has 0 aliphatic carbocycles. The van der Waals surface area contributed by atoms with E-state index < -0.39 is 0 Å². The highest BCUT2D eigenvalue weighted by molar-refractivity contribution is 5.76. The number of aromatic amines is 1. The number of hydrogen-bond donors (Lipinski definition) is 1. The van der Waals surface area contributed by atoms with Crippen LogP contribution in [-0.4, -0.2) is 64.6 Å². The second kappa shape index (κ2) is 8.12. The number of amides is 1. The summed E-state index contributed by atoms with van der Waals surface area (Å²) in [5.74, 6) is 0.309. The molecule has 0 unspecified atom stereocenters. The van der Waals surface area contributed by atoms with Crippen molar-refractivity contribution >= 4 is 5.91 Å². The summed E-state index contributed by atoms with van der Waals surface area (Å²) in [4.78, 5) is 24.5. The fourth-order valence-corrected chi connectivity index (χ4v) is 4.06. The first kappa shape index (κ1) is 17.4. The fraction of sp³-hybridized carbons (Fsp3) is 0.778. The van der Waals surface area contributed by atoms with Gasteiger partial charge in [0.25, 0.3) is 0 Å².